The monoisotopic (exact) mass is 229 g/mol. The number of hydrogen-bond acceptors (Lipinski definition) is 4. The molecule has 0 aromatic heterocycles. The first-order valence-corrected chi connectivity index (χ1v) is 6.19. The van der Waals surface area contributed by atoms with Gasteiger partial charge in [-0.1, -0.05) is 32.5 Å². The summed E-state index contributed by atoms with van der Waals surface area (Å²) in [5, 5.41) is 4.53. The van der Waals surface area contributed by atoms with Crippen molar-refractivity contribution in [3.05, 3.63) is 0 Å². The Morgan fingerprint density at radius 2 is 2.40 bits per heavy atom. The van der Waals surface area contributed by atoms with Gasteiger partial charge in [-0.3, -0.25) is 9.79 Å². The minimum atomic E-state index is -0.313. The van der Waals surface area contributed by atoms with Crippen molar-refractivity contribution in [3.63, 3.8) is 0 Å². The Labute approximate surface area is 95.1 Å². The minimum Gasteiger partial charge on any atom is -0.368 e. The van der Waals surface area contributed by atoms with E-state index in [9.17, 15) is 4.79 Å². The molecule has 0 spiro atoms. The molecule has 2 atom stereocenters. The predicted molar refractivity (Wildman–Crippen MR) is 64.9 cm³/mol. The van der Waals surface area contributed by atoms with E-state index in [1.54, 1.807) is 11.8 Å². The number of primary amides is 1. The van der Waals surface area contributed by atoms with Gasteiger partial charge in [0.1, 0.15) is 6.04 Å². The molecule has 0 aromatic rings. The molecule has 1 heterocycles. The molecule has 0 radical (unpaired) electrons. The Morgan fingerprint density at radius 1 is 1.73 bits per heavy atom. The normalized spacial score (nSPS) is 22.7. The van der Waals surface area contributed by atoms with Crippen molar-refractivity contribution < 1.29 is 4.79 Å². The van der Waals surface area contributed by atoms with Crippen LogP contribution in [0.4, 0.5) is 0 Å². The Bertz CT molecular complexity index is 265. The topological polar surface area (TPSA) is 67.5 Å². The SMILES string of the molecule is CCC1CN=C(NC(C(N)=O)C(C)C)S1. The molecule has 15 heavy (non-hydrogen) atoms. The molecule has 0 saturated carbocycles. The van der Waals surface area contributed by atoms with Gasteiger partial charge >= 0.3 is 0 Å². The third kappa shape index (κ3) is 3.41. The summed E-state index contributed by atoms with van der Waals surface area (Å²) in [6.45, 7) is 6.93. The van der Waals surface area contributed by atoms with Gasteiger partial charge in [-0.2, -0.15) is 0 Å². The van der Waals surface area contributed by atoms with Crippen molar-refractivity contribution >= 4 is 22.8 Å². The molecule has 1 amide bonds. The van der Waals surface area contributed by atoms with E-state index in [0.29, 0.717) is 5.25 Å². The number of carbonyl (C=O) groups is 1. The average molecular weight is 229 g/mol. The van der Waals surface area contributed by atoms with Crippen molar-refractivity contribution in [1.82, 2.24) is 5.32 Å². The largest absolute Gasteiger partial charge is 0.368 e. The van der Waals surface area contributed by atoms with Crippen LogP contribution in [0.1, 0.15) is 27.2 Å². The van der Waals surface area contributed by atoms with Gasteiger partial charge in [-0.05, 0) is 12.3 Å². The van der Waals surface area contributed by atoms with Gasteiger partial charge in [0.25, 0.3) is 0 Å². The second-order valence-electron chi connectivity index (χ2n) is 4.06. The highest BCUT2D eigenvalue weighted by atomic mass is 32.2. The van der Waals surface area contributed by atoms with Crippen LogP contribution in [0.25, 0.3) is 0 Å². The number of amidine groups is 1. The predicted octanol–water partition coefficient (Wildman–Crippen LogP) is 0.967. The lowest BCUT2D eigenvalue weighted by Gasteiger charge is -2.19. The maximum absolute atomic E-state index is 11.2. The van der Waals surface area contributed by atoms with Crippen LogP contribution in [0.2, 0.25) is 0 Å². The molecule has 2 unspecified atom stereocenters. The Hall–Kier alpha value is -0.710. The van der Waals surface area contributed by atoms with Crippen molar-refractivity contribution in [1.29, 1.82) is 0 Å². The summed E-state index contributed by atoms with van der Waals surface area (Å²) in [4.78, 5) is 15.5. The van der Waals surface area contributed by atoms with E-state index in [-0.39, 0.29) is 17.9 Å². The number of amides is 1. The summed E-state index contributed by atoms with van der Waals surface area (Å²) < 4.78 is 0. The number of thioether (sulfide) groups is 1. The molecule has 0 saturated heterocycles. The Morgan fingerprint density at radius 3 is 2.80 bits per heavy atom. The van der Waals surface area contributed by atoms with E-state index < -0.39 is 0 Å². The number of hydrogen-bond donors (Lipinski definition) is 2. The number of rotatable bonds is 4. The number of nitrogens with two attached hydrogens (primary N) is 1. The zero-order valence-electron chi connectivity index (χ0n) is 9.49. The molecular formula is C10H19N3OS. The number of aliphatic imine (C=N–C) groups is 1. The lowest BCUT2D eigenvalue weighted by molar-refractivity contribution is -0.120. The molecule has 0 aromatic carbocycles. The quantitative estimate of drug-likeness (QED) is 0.754. The zero-order valence-corrected chi connectivity index (χ0v) is 10.3. The summed E-state index contributed by atoms with van der Waals surface area (Å²) in [6.07, 6.45) is 1.10. The second-order valence-corrected chi connectivity index (χ2v) is 5.35. The van der Waals surface area contributed by atoms with Crippen molar-refractivity contribution in [2.75, 3.05) is 6.54 Å². The summed E-state index contributed by atoms with van der Waals surface area (Å²) in [6, 6.07) is -0.313. The van der Waals surface area contributed by atoms with E-state index in [1.807, 2.05) is 13.8 Å². The van der Waals surface area contributed by atoms with E-state index in [4.69, 9.17) is 5.73 Å². The first kappa shape index (κ1) is 12.4. The van der Waals surface area contributed by atoms with E-state index in [0.717, 1.165) is 18.1 Å². The van der Waals surface area contributed by atoms with E-state index in [2.05, 4.69) is 17.2 Å². The van der Waals surface area contributed by atoms with E-state index in [1.165, 1.54) is 0 Å². The molecule has 0 fully saturated rings. The third-order valence-electron chi connectivity index (χ3n) is 2.42. The first-order valence-electron chi connectivity index (χ1n) is 5.31. The summed E-state index contributed by atoms with van der Waals surface area (Å²) in [5.41, 5.74) is 5.32. The lowest BCUT2D eigenvalue weighted by Crippen LogP contribution is -2.46. The molecule has 1 aliphatic heterocycles. The van der Waals surface area contributed by atoms with Gasteiger partial charge in [0, 0.05) is 5.25 Å². The van der Waals surface area contributed by atoms with Gasteiger partial charge in [-0.15, -0.1) is 0 Å². The minimum absolute atomic E-state index is 0.187. The van der Waals surface area contributed by atoms with Crippen LogP contribution in [0, 0.1) is 5.92 Å². The Balaban J connectivity index is 2.50. The third-order valence-corrected chi connectivity index (χ3v) is 3.71. The molecule has 0 aliphatic carbocycles. The zero-order chi connectivity index (χ0) is 11.4. The maximum atomic E-state index is 11.2. The second kappa shape index (κ2) is 5.39. The molecule has 5 heteroatoms. The highest BCUT2D eigenvalue weighted by Crippen LogP contribution is 2.22. The van der Waals surface area contributed by atoms with E-state index >= 15 is 0 Å². The first-order chi connectivity index (χ1) is 7.04. The highest BCUT2D eigenvalue weighted by Gasteiger charge is 2.24. The fourth-order valence-corrected chi connectivity index (χ4v) is 2.38. The molecule has 86 valence electrons. The van der Waals surface area contributed by atoms with Crippen molar-refractivity contribution in [2.45, 2.75) is 38.5 Å². The van der Waals surface area contributed by atoms with Crippen LogP contribution in [0.5, 0.6) is 0 Å². The van der Waals surface area contributed by atoms with Crippen molar-refractivity contribution in [2.24, 2.45) is 16.6 Å². The van der Waals surface area contributed by atoms with Gasteiger partial charge in [-0.25, -0.2) is 0 Å². The molecule has 0 bridgehead atoms. The van der Waals surface area contributed by atoms with Gasteiger partial charge in [0.2, 0.25) is 5.91 Å². The molecule has 1 aliphatic rings. The fourth-order valence-electron chi connectivity index (χ4n) is 1.41. The van der Waals surface area contributed by atoms with Gasteiger partial charge < -0.3 is 11.1 Å². The summed E-state index contributed by atoms with van der Waals surface area (Å²) >= 11 is 1.70. The molecule has 1 rings (SSSR count). The smallest absolute Gasteiger partial charge is 0.240 e. The van der Waals surface area contributed by atoms with Crippen LogP contribution >= 0.6 is 11.8 Å². The van der Waals surface area contributed by atoms with Crippen LogP contribution in [0.3, 0.4) is 0 Å². The standard InChI is InChI=1S/C10H19N3OS/c1-4-7-5-12-10(15-7)13-8(6(2)3)9(11)14/h6-8H,4-5H2,1-3H3,(H2,11,14)(H,12,13). The van der Waals surface area contributed by atoms with Crippen LogP contribution in [-0.4, -0.2) is 28.9 Å². The lowest BCUT2D eigenvalue weighted by atomic mass is 10.0. The molecule has 4 nitrogen and oxygen atoms in total. The maximum Gasteiger partial charge on any atom is 0.240 e. The number of carbonyl (C=O) groups excluding carboxylic acids is 1. The van der Waals surface area contributed by atoms with Crippen molar-refractivity contribution in [3.8, 4) is 0 Å². The fraction of sp³-hybridized carbons (Fsp3) is 0.800. The van der Waals surface area contributed by atoms with Gasteiger partial charge in [0.15, 0.2) is 5.17 Å². The van der Waals surface area contributed by atoms with Gasteiger partial charge in [0.05, 0.1) is 6.54 Å². The Kier molecular flexibility index (Phi) is 4.45. The molecular weight excluding hydrogens is 210 g/mol. The highest BCUT2D eigenvalue weighted by molar-refractivity contribution is 8.14. The number of nitrogens with zero attached hydrogens (tertiary/aromatic N) is 1. The van der Waals surface area contributed by atoms with Crippen LogP contribution < -0.4 is 11.1 Å². The number of nitrogens with one attached hydrogen (secondary N) is 1. The summed E-state index contributed by atoms with van der Waals surface area (Å²) in [7, 11) is 0. The average Bonchev–Trinajstić information content (AvgIpc) is 2.60. The molecule has 3 N–H and O–H groups in total. The summed E-state index contributed by atoms with van der Waals surface area (Å²) in [5.74, 6) is -0.125. The van der Waals surface area contributed by atoms with Crippen LogP contribution in [0.15, 0.2) is 4.99 Å². The van der Waals surface area contributed by atoms with Crippen LogP contribution in [-0.2, 0) is 4.79 Å².